The van der Waals surface area contributed by atoms with Crippen LogP contribution in [0, 0.1) is 0 Å². The van der Waals surface area contributed by atoms with Crippen LogP contribution in [0.2, 0.25) is 0 Å². The van der Waals surface area contributed by atoms with Crippen molar-refractivity contribution < 1.29 is 29.4 Å². The summed E-state index contributed by atoms with van der Waals surface area (Å²) in [5, 5.41) is 34.0. The molecular weight excluding hydrogens is 544 g/mol. The van der Waals surface area contributed by atoms with E-state index in [-0.39, 0.29) is 35.8 Å². The van der Waals surface area contributed by atoms with E-state index in [0.717, 1.165) is 64.3 Å². The topological polar surface area (TPSA) is 247 Å². The third kappa shape index (κ3) is 17.4. The molecule has 0 unspecified atom stereocenters. The second-order valence-corrected chi connectivity index (χ2v) is 10.2. The van der Waals surface area contributed by atoms with E-state index in [4.69, 9.17) is 17.2 Å². The van der Waals surface area contributed by atoms with Gasteiger partial charge >= 0.3 is 0 Å². The van der Waals surface area contributed by atoms with Crippen molar-refractivity contribution >= 4 is 23.6 Å². The third-order valence-electron chi connectivity index (χ3n) is 6.40. The van der Waals surface area contributed by atoms with Gasteiger partial charge in [-0.2, -0.15) is 0 Å². The molecule has 0 saturated heterocycles. The number of phenols is 2. The van der Waals surface area contributed by atoms with E-state index in [2.05, 4.69) is 26.6 Å². The molecule has 0 radical (unpaired) electrons. The largest absolute Gasteiger partial charge is 0.508 e. The lowest BCUT2D eigenvalue weighted by Gasteiger charge is -2.17. The second-order valence-electron chi connectivity index (χ2n) is 10.2. The summed E-state index contributed by atoms with van der Waals surface area (Å²) in [6, 6.07) is 2.24. The van der Waals surface area contributed by atoms with E-state index in [1.165, 1.54) is 12.1 Å². The highest BCUT2D eigenvalue weighted by atomic mass is 16.3. The minimum atomic E-state index is -1.12. The smallest absolute Gasteiger partial charge is 0.243 e. The lowest BCUT2D eigenvalue weighted by atomic mass is 10.1. The number of carbonyl (C=O) groups is 4. The molecule has 0 aliphatic carbocycles. The third-order valence-corrected chi connectivity index (χ3v) is 6.40. The second kappa shape index (κ2) is 22.2. The number of hydrogen-bond acceptors (Lipinski definition) is 10. The molecule has 2 atom stereocenters. The summed E-state index contributed by atoms with van der Waals surface area (Å²) >= 11 is 0. The van der Waals surface area contributed by atoms with Gasteiger partial charge in [0, 0.05) is 24.7 Å². The molecule has 1 aromatic carbocycles. The van der Waals surface area contributed by atoms with E-state index in [0.29, 0.717) is 32.5 Å². The zero-order valence-corrected chi connectivity index (χ0v) is 24.5. The highest BCUT2D eigenvalue weighted by Gasteiger charge is 2.23. The Balaban J connectivity index is 2.09. The fourth-order valence-electron chi connectivity index (χ4n) is 4.02. The van der Waals surface area contributed by atoms with E-state index < -0.39 is 29.8 Å². The quantitative estimate of drug-likeness (QED) is 0.0616. The first-order valence-corrected chi connectivity index (χ1v) is 14.6. The van der Waals surface area contributed by atoms with Crippen molar-refractivity contribution in [2.45, 2.75) is 69.9 Å². The Bertz CT molecular complexity index is 964. The van der Waals surface area contributed by atoms with E-state index in [1.54, 1.807) is 0 Å². The molecule has 1 rings (SSSR count). The van der Waals surface area contributed by atoms with Crippen molar-refractivity contribution in [2.75, 3.05) is 45.8 Å². The van der Waals surface area contributed by atoms with Gasteiger partial charge in [0.1, 0.15) is 17.5 Å². The first-order chi connectivity index (χ1) is 20.1. The molecule has 42 heavy (non-hydrogen) atoms. The summed E-state index contributed by atoms with van der Waals surface area (Å²) in [4.78, 5) is 48.2. The van der Waals surface area contributed by atoms with Gasteiger partial charge in [0.05, 0.1) is 18.9 Å². The number of nitrogens with one attached hydrogen (secondary N) is 5. The van der Waals surface area contributed by atoms with Gasteiger partial charge in [-0.25, -0.2) is 0 Å². The zero-order valence-electron chi connectivity index (χ0n) is 24.5. The minimum absolute atomic E-state index is 0.114. The molecule has 238 valence electrons. The van der Waals surface area contributed by atoms with Gasteiger partial charge in [-0.3, -0.25) is 19.2 Å². The van der Waals surface area contributed by atoms with Gasteiger partial charge in [0.25, 0.3) is 0 Å². The number of phenolic OH excluding ortho intramolecular Hbond substituents is 2. The number of nitrogens with two attached hydrogens (primary N) is 3. The molecule has 0 aliphatic rings. The number of amides is 4. The highest BCUT2D eigenvalue weighted by molar-refractivity contribution is 5.92. The molecule has 0 saturated carbocycles. The van der Waals surface area contributed by atoms with Crippen LogP contribution >= 0.6 is 0 Å². The molecule has 1 aromatic rings. The molecule has 0 aromatic heterocycles. The van der Waals surface area contributed by atoms with Crippen LogP contribution in [0.3, 0.4) is 0 Å². The average Bonchev–Trinajstić information content (AvgIpc) is 2.93. The fraction of sp³-hybridized carbons (Fsp3) is 0.643. The minimum Gasteiger partial charge on any atom is -0.508 e. The molecule has 4 amide bonds. The molecule has 14 heteroatoms. The Kier molecular flexibility index (Phi) is 19.3. The number of hydrogen-bond donors (Lipinski definition) is 10. The van der Waals surface area contributed by atoms with Crippen molar-refractivity contribution in [3.05, 3.63) is 23.8 Å². The molecule has 14 nitrogen and oxygen atoms in total. The molecule has 0 fully saturated rings. The van der Waals surface area contributed by atoms with E-state index >= 15 is 0 Å². The Labute approximate surface area is 247 Å². The zero-order chi connectivity index (χ0) is 31.2. The Morgan fingerprint density at radius 2 is 1.38 bits per heavy atom. The van der Waals surface area contributed by atoms with Crippen molar-refractivity contribution in [2.24, 2.45) is 17.2 Å². The van der Waals surface area contributed by atoms with Gasteiger partial charge in [0.15, 0.2) is 0 Å². The Hall–Kier alpha value is -3.46. The molecule has 0 aliphatic heterocycles. The van der Waals surface area contributed by atoms with E-state index in [9.17, 15) is 29.4 Å². The van der Waals surface area contributed by atoms with Crippen LogP contribution in [0.4, 0.5) is 0 Å². The van der Waals surface area contributed by atoms with Gasteiger partial charge < -0.3 is 54.0 Å². The standard InChI is InChI=1S/C28H50N8O6/c29-10-2-1-7-22(30)27(41)34-16-6-14-33-13-5-12-32-11-3-4-15-35-28(42)23(19-25(31)39)36-26(40)17-20-8-9-21(37)18-24(20)38/h8-9,18,22-23,32-33,37-38H,1-7,10-17,19,29-30H2,(H2,31,39)(H,34,41)(H,35,42)(H,36,40)/t22-,23-/m0/s1. The molecular formula is C28H50N8O6. The lowest BCUT2D eigenvalue weighted by Crippen LogP contribution is -2.49. The Morgan fingerprint density at radius 3 is 2.02 bits per heavy atom. The highest BCUT2D eigenvalue weighted by Crippen LogP contribution is 2.22. The lowest BCUT2D eigenvalue weighted by molar-refractivity contribution is -0.131. The van der Waals surface area contributed by atoms with Crippen molar-refractivity contribution in [3.8, 4) is 11.5 Å². The van der Waals surface area contributed by atoms with Crippen LogP contribution in [0.15, 0.2) is 18.2 Å². The number of unbranched alkanes of at least 4 members (excludes halogenated alkanes) is 2. The summed E-state index contributed by atoms with van der Waals surface area (Å²) in [7, 11) is 0. The number of benzene rings is 1. The van der Waals surface area contributed by atoms with Crippen molar-refractivity contribution in [1.82, 2.24) is 26.6 Å². The van der Waals surface area contributed by atoms with Crippen LogP contribution in [0.1, 0.15) is 56.9 Å². The molecule has 0 spiro atoms. The fourth-order valence-corrected chi connectivity index (χ4v) is 4.02. The van der Waals surface area contributed by atoms with Gasteiger partial charge in [-0.05, 0) is 77.3 Å². The summed E-state index contributed by atoms with van der Waals surface area (Å²) in [5.41, 5.74) is 16.8. The van der Waals surface area contributed by atoms with Gasteiger partial charge in [-0.1, -0.05) is 12.5 Å². The number of rotatable bonds is 24. The predicted octanol–water partition coefficient (Wildman–Crippen LogP) is -1.57. The van der Waals surface area contributed by atoms with E-state index in [1.807, 2.05) is 0 Å². The van der Waals surface area contributed by atoms with Crippen LogP contribution in [0.25, 0.3) is 0 Å². The maximum atomic E-state index is 12.5. The maximum absolute atomic E-state index is 12.5. The Morgan fingerprint density at radius 1 is 0.786 bits per heavy atom. The predicted molar refractivity (Wildman–Crippen MR) is 160 cm³/mol. The van der Waals surface area contributed by atoms with Crippen molar-refractivity contribution in [1.29, 1.82) is 0 Å². The maximum Gasteiger partial charge on any atom is 0.243 e. The average molecular weight is 595 g/mol. The number of primary amides is 1. The SMILES string of the molecule is NCCCC[C@H](N)C(=O)NCCCNCCCNCCCCNC(=O)[C@H](CC(N)=O)NC(=O)Cc1ccc(O)cc1O. The monoisotopic (exact) mass is 594 g/mol. The first kappa shape index (κ1) is 36.6. The summed E-state index contributed by atoms with van der Waals surface area (Å²) in [6.07, 6.45) is 5.10. The van der Waals surface area contributed by atoms with Crippen LogP contribution in [-0.2, 0) is 25.6 Å². The van der Waals surface area contributed by atoms with Crippen LogP contribution in [0.5, 0.6) is 11.5 Å². The normalized spacial score (nSPS) is 12.3. The molecule has 0 bridgehead atoms. The number of carbonyl (C=O) groups excluding carboxylic acids is 4. The summed E-state index contributed by atoms with van der Waals surface area (Å²) in [6.45, 7) is 4.86. The van der Waals surface area contributed by atoms with Gasteiger partial charge in [0.2, 0.25) is 23.6 Å². The van der Waals surface area contributed by atoms with Crippen LogP contribution in [-0.4, -0.2) is 91.7 Å². The first-order valence-electron chi connectivity index (χ1n) is 14.6. The van der Waals surface area contributed by atoms with Gasteiger partial charge in [-0.15, -0.1) is 0 Å². The summed E-state index contributed by atoms with van der Waals surface area (Å²) in [5.74, 6) is -2.32. The van der Waals surface area contributed by atoms with Crippen molar-refractivity contribution in [3.63, 3.8) is 0 Å². The van der Waals surface area contributed by atoms with Crippen LogP contribution < -0.4 is 43.8 Å². The summed E-state index contributed by atoms with van der Waals surface area (Å²) < 4.78 is 0. The molecule has 0 heterocycles. The molecule has 13 N–H and O–H groups in total. The number of aromatic hydroxyl groups is 2.